The number of carbonyl (C=O) groups is 2. The number of carbonyl (C=O) groups excluding carboxylic acids is 2. The van der Waals surface area contributed by atoms with Gasteiger partial charge in [0.15, 0.2) is 0 Å². The monoisotopic (exact) mass is 264 g/mol. The van der Waals surface area contributed by atoms with Crippen molar-refractivity contribution in [2.24, 2.45) is 22.7 Å². The number of rotatable bonds is 1. The van der Waals surface area contributed by atoms with Gasteiger partial charge in [-0.2, -0.15) is 0 Å². The molecule has 3 aliphatic rings. The summed E-state index contributed by atoms with van der Waals surface area (Å²) in [5.74, 6) is -0.641. The van der Waals surface area contributed by atoms with Gasteiger partial charge < -0.3 is 9.84 Å². The summed E-state index contributed by atoms with van der Waals surface area (Å²) in [4.78, 5) is 23.6. The van der Waals surface area contributed by atoms with E-state index in [1.807, 2.05) is 6.08 Å². The summed E-state index contributed by atoms with van der Waals surface area (Å²) in [5, 5.41) is 10.1. The van der Waals surface area contributed by atoms with E-state index in [-0.39, 0.29) is 17.3 Å². The van der Waals surface area contributed by atoms with Gasteiger partial charge in [-0.25, -0.2) is 0 Å². The molecule has 19 heavy (non-hydrogen) atoms. The number of allylic oxidation sites excluding steroid dienone is 1. The molecule has 0 aromatic rings. The lowest BCUT2D eigenvalue weighted by Gasteiger charge is -2.52. The van der Waals surface area contributed by atoms with Gasteiger partial charge in [-0.15, -0.1) is 0 Å². The zero-order chi connectivity index (χ0) is 13.8. The molecule has 4 nitrogen and oxygen atoms in total. The van der Waals surface area contributed by atoms with Gasteiger partial charge in [0.2, 0.25) is 6.29 Å². The lowest BCUT2D eigenvalue weighted by Crippen LogP contribution is -2.52. The topological polar surface area (TPSA) is 63.6 Å². The molecule has 1 saturated carbocycles. The number of cyclic esters (lactones) is 1. The fraction of sp³-hybridized carbons (Fsp3) is 0.733. The minimum atomic E-state index is -1.17. The van der Waals surface area contributed by atoms with Gasteiger partial charge >= 0.3 is 5.97 Å². The third kappa shape index (κ3) is 1.49. The summed E-state index contributed by atoms with van der Waals surface area (Å²) in [7, 11) is 0. The fourth-order valence-corrected chi connectivity index (χ4v) is 4.66. The third-order valence-electron chi connectivity index (χ3n) is 5.51. The second kappa shape index (κ2) is 3.92. The first-order valence-corrected chi connectivity index (χ1v) is 6.98. The number of hydrogen-bond donors (Lipinski definition) is 1. The number of ether oxygens (including phenoxy) is 1. The van der Waals surface area contributed by atoms with Crippen LogP contribution in [0, 0.1) is 22.7 Å². The van der Waals surface area contributed by atoms with Crippen molar-refractivity contribution in [2.45, 2.75) is 45.8 Å². The van der Waals surface area contributed by atoms with Crippen LogP contribution in [0.3, 0.4) is 0 Å². The molecule has 0 aromatic heterocycles. The van der Waals surface area contributed by atoms with Gasteiger partial charge in [-0.3, -0.25) is 9.59 Å². The number of hydrogen-bond acceptors (Lipinski definition) is 4. The Morgan fingerprint density at radius 3 is 2.84 bits per heavy atom. The maximum absolute atomic E-state index is 12.4. The quantitative estimate of drug-likeness (QED) is 0.579. The first kappa shape index (κ1) is 12.9. The van der Waals surface area contributed by atoms with Crippen LogP contribution in [0.25, 0.3) is 0 Å². The molecule has 1 N–H and O–H groups in total. The molecule has 1 saturated heterocycles. The predicted octanol–water partition coefficient (Wildman–Crippen LogP) is 1.82. The molecule has 0 bridgehead atoms. The standard InChI is InChI=1S/C15H20O4/c1-14(2)6-3-7-15-10(14)5-4-9(8-16)11(15)12(17)19-13(15)18/h4,8,10-12,17H,3,5-7H2,1-2H3/t10-,11?,12-,15+/m0/s1. The van der Waals surface area contributed by atoms with E-state index in [1.165, 1.54) is 0 Å². The van der Waals surface area contributed by atoms with Crippen molar-refractivity contribution in [2.75, 3.05) is 0 Å². The highest BCUT2D eigenvalue weighted by molar-refractivity contribution is 5.86. The summed E-state index contributed by atoms with van der Waals surface area (Å²) in [6.45, 7) is 4.35. The molecule has 2 fully saturated rings. The second-order valence-electron chi connectivity index (χ2n) is 6.77. The Kier molecular flexibility index (Phi) is 2.65. The van der Waals surface area contributed by atoms with E-state index in [1.54, 1.807) is 0 Å². The largest absolute Gasteiger partial charge is 0.435 e. The van der Waals surface area contributed by atoms with Crippen molar-refractivity contribution in [3.8, 4) is 0 Å². The van der Waals surface area contributed by atoms with Gasteiger partial charge in [-0.05, 0) is 36.2 Å². The van der Waals surface area contributed by atoms with Crippen LogP contribution in [-0.2, 0) is 14.3 Å². The molecule has 3 rings (SSSR count). The number of aliphatic hydroxyl groups excluding tert-OH is 1. The maximum Gasteiger partial charge on any atom is 0.315 e. The Hall–Kier alpha value is -1.16. The van der Waals surface area contributed by atoms with E-state index >= 15 is 0 Å². The molecule has 0 aromatic carbocycles. The van der Waals surface area contributed by atoms with E-state index in [0.717, 1.165) is 25.5 Å². The van der Waals surface area contributed by atoms with Crippen LogP contribution in [0.4, 0.5) is 0 Å². The van der Waals surface area contributed by atoms with Gasteiger partial charge in [0.05, 0.1) is 11.3 Å². The number of esters is 1. The van der Waals surface area contributed by atoms with Crippen LogP contribution in [0.15, 0.2) is 11.6 Å². The van der Waals surface area contributed by atoms with E-state index < -0.39 is 17.6 Å². The van der Waals surface area contributed by atoms with E-state index in [4.69, 9.17) is 4.74 Å². The van der Waals surface area contributed by atoms with Crippen LogP contribution in [0.5, 0.6) is 0 Å². The number of aldehydes is 1. The lowest BCUT2D eigenvalue weighted by atomic mass is 9.48. The Labute approximate surface area is 112 Å². The molecule has 1 unspecified atom stereocenters. The van der Waals surface area contributed by atoms with Crippen LogP contribution in [0.1, 0.15) is 39.5 Å². The van der Waals surface area contributed by atoms with E-state index in [2.05, 4.69) is 13.8 Å². The zero-order valence-electron chi connectivity index (χ0n) is 11.4. The van der Waals surface area contributed by atoms with Gasteiger partial charge in [0.25, 0.3) is 0 Å². The molecule has 1 aliphatic heterocycles. The molecule has 0 amide bonds. The van der Waals surface area contributed by atoms with Crippen LogP contribution in [0.2, 0.25) is 0 Å². The Bertz CT molecular complexity index is 465. The van der Waals surface area contributed by atoms with Crippen molar-refractivity contribution >= 4 is 12.3 Å². The highest BCUT2D eigenvalue weighted by Gasteiger charge is 2.66. The highest BCUT2D eigenvalue weighted by atomic mass is 16.6. The summed E-state index contributed by atoms with van der Waals surface area (Å²) < 4.78 is 5.11. The first-order chi connectivity index (χ1) is 8.93. The minimum absolute atomic E-state index is 0.0322. The Balaban J connectivity index is 2.16. The summed E-state index contributed by atoms with van der Waals surface area (Å²) in [6, 6.07) is 0. The van der Waals surface area contributed by atoms with Crippen molar-refractivity contribution in [1.82, 2.24) is 0 Å². The fourth-order valence-electron chi connectivity index (χ4n) is 4.66. The van der Waals surface area contributed by atoms with Crippen molar-refractivity contribution in [1.29, 1.82) is 0 Å². The second-order valence-corrected chi connectivity index (χ2v) is 6.77. The smallest absolute Gasteiger partial charge is 0.315 e. The van der Waals surface area contributed by atoms with E-state index in [0.29, 0.717) is 12.0 Å². The van der Waals surface area contributed by atoms with Crippen LogP contribution in [-0.4, -0.2) is 23.7 Å². The summed E-state index contributed by atoms with van der Waals surface area (Å²) in [5.41, 5.74) is -0.122. The molecular weight excluding hydrogens is 244 g/mol. The van der Waals surface area contributed by atoms with Crippen molar-refractivity contribution in [3.05, 3.63) is 11.6 Å². The maximum atomic E-state index is 12.4. The average Bonchev–Trinajstić information content (AvgIpc) is 2.60. The lowest BCUT2D eigenvalue weighted by molar-refractivity contribution is -0.163. The molecule has 2 aliphatic carbocycles. The average molecular weight is 264 g/mol. The van der Waals surface area contributed by atoms with Gasteiger partial charge in [-0.1, -0.05) is 26.3 Å². The van der Waals surface area contributed by atoms with Crippen molar-refractivity contribution < 1.29 is 19.4 Å². The molecule has 4 heteroatoms. The van der Waals surface area contributed by atoms with Crippen molar-refractivity contribution in [3.63, 3.8) is 0 Å². The van der Waals surface area contributed by atoms with Gasteiger partial charge in [0.1, 0.15) is 6.29 Å². The molecule has 1 heterocycles. The Morgan fingerprint density at radius 1 is 1.42 bits per heavy atom. The molecule has 104 valence electrons. The predicted molar refractivity (Wildman–Crippen MR) is 67.9 cm³/mol. The highest BCUT2D eigenvalue weighted by Crippen LogP contribution is 2.63. The zero-order valence-corrected chi connectivity index (χ0v) is 11.4. The number of aliphatic hydroxyl groups is 1. The third-order valence-corrected chi connectivity index (χ3v) is 5.51. The summed E-state index contributed by atoms with van der Waals surface area (Å²) >= 11 is 0. The first-order valence-electron chi connectivity index (χ1n) is 6.98. The summed E-state index contributed by atoms with van der Waals surface area (Å²) in [6.07, 6.45) is 4.94. The SMILES string of the molecule is CC1(C)CCC[C@]23C(=O)O[C@H](O)C2C(C=O)=CC[C@@H]13. The molecule has 0 radical (unpaired) electrons. The molecular formula is C15H20O4. The molecule has 1 spiro atoms. The minimum Gasteiger partial charge on any atom is -0.435 e. The van der Waals surface area contributed by atoms with Crippen LogP contribution < -0.4 is 0 Å². The van der Waals surface area contributed by atoms with Gasteiger partial charge in [0, 0.05) is 0 Å². The van der Waals surface area contributed by atoms with E-state index in [9.17, 15) is 14.7 Å². The molecule has 4 atom stereocenters. The Morgan fingerprint density at radius 2 is 2.16 bits per heavy atom. The van der Waals surface area contributed by atoms with Crippen LogP contribution >= 0.6 is 0 Å². The normalized spacial score (nSPS) is 43.8.